The van der Waals surface area contributed by atoms with Gasteiger partial charge in [0.25, 0.3) is 0 Å². The monoisotopic (exact) mass is 572 g/mol. The minimum absolute atomic E-state index is 0.130. The van der Waals surface area contributed by atoms with Gasteiger partial charge in [-0.15, -0.1) is 0 Å². The summed E-state index contributed by atoms with van der Waals surface area (Å²) in [5, 5.41) is 2.23. The van der Waals surface area contributed by atoms with Crippen LogP contribution in [-0.2, 0) is 10.8 Å². The number of ether oxygens (including phenoxy) is 2. The molecule has 0 saturated carbocycles. The SMILES string of the molecule is CC(C)(C)c1ccc(-c2ccc3c(c2)Oc2ccc4c5c(ccc-3c25)-c2ccc(-c3ccc(C(C)(C)C)cc3)cc2O4)cc1. The van der Waals surface area contributed by atoms with Gasteiger partial charge in [-0.05, 0) is 91.7 Å². The van der Waals surface area contributed by atoms with Gasteiger partial charge in [0.2, 0.25) is 0 Å². The molecule has 0 bridgehead atoms. The molecule has 0 unspecified atom stereocenters. The number of fused-ring (bicyclic) bond motifs is 4. The molecule has 2 nitrogen and oxygen atoms in total. The first-order valence-electron chi connectivity index (χ1n) is 15.5. The molecule has 0 saturated heterocycles. The Morgan fingerprint density at radius 1 is 0.341 bits per heavy atom. The Kier molecular flexibility index (Phi) is 5.68. The fraction of sp³-hybridized carbons (Fsp3) is 0.190. The number of rotatable bonds is 2. The Hall–Kier alpha value is -4.82. The summed E-state index contributed by atoms with van der Waals surface area (Å²) >= 11 is 0. The van der Waals surface area contributed by atoms with Crippen LogP contribution < -0.4 is 9.47 Å². The summed E-state index contributed by atoms with van der Waals surface area (Å²) in [5.74, 6) is 3.52. The predicted molar refractivity (Wildman–Crippen MR) is 183 cm³/mol. The second-order valence-electron chi connectivity index (χ2n) is 14.3. The van der Waals surface area contributed by atoms with Crippen LogP contribution in [0.1, 0.15) is 52.7 Å². The summed E-state index contributed by atoms with van der Waals surface area (Å²) < 4.78 is 13.2. The molecule has 0 N–H and O–H groups in total. The van der Waals surface area contributed by atoms with Crippen LogP contribution in [0.25, 0.3) is 55.3 Å². The minimum atomic E-state index is 0.130. The van der Waals surface area contributed by atoms with E-state index in [0.29, 0.717) is 0 Å². The zero-order valence-electron chi connectivity index (χ0n) is 26.2. The summed E-state index contributed by atoms with van der Waals surface area (Å²) in [6.07, 6.45) is 0. The third kappa shape index (κ3) is 4.24. The van der Waals surface area contributed by atoms with Gasteiger partial charge in [0.05, 0.1) is 0 Å². The van der Waals surface area contributed by atoms with Gasteiger partial charge in [0, 0.05) is 21.9 Å². The van der Waals surface area contributed by atoms with E-state index in [0.717, 1.165) is 56.0 Å². The Labute approximate surface area is 259 Å². The van der Waals surface area contributed by atoms with Crippen LogP contribution in [0.5, 0.6) is 23.0 Å². The van der Waals surface area contributed by atoms with Crippen molar-refractivity contribution in [3.63, 3.8) is 0 Å². The molecule has 2 aliphatic rings. The maximum absolute atomic E-state index is 6.61. The first kappa shape index (κ1) is 26.8. The molecule has 0 fully saturated rings. The molecule has 0 radical (unpaired) electrons. The van der Waals surface area contributed by atoms with E-state index in [1.54, 1.807) is 0 Å². The van der Waals surface area contributed by atoms with E-state index in [1.807, 2.05) is 0 Å². The van der Waals surface area contributed by atoms with E-state index in [9.17, 15) is 0 Å². The second kappa shape index (κ2) is 9.34. The molecule has 6 aromatic rings. The summed E-state index contributed by atoms with van der Waals surface area (Å²) in [6.45, 7) is 13.5. The van der Waals surface area contributed by atoms with Gasteiger partial charge < -0.3 is 9.47 Å². The van der Waals surface area contributed by atoms with Crippen LogP contribution in [0.15, 0.2) is 109 Å². The van der Waals surface area contributed by atoms with E-state index in [4.69, 9.17) is 9.47 Å². The van der Waals surface area contributed by atoms with Crippen LogP contribution in [0.2, 0.25) is 0 Å². The van der Waals surface area contributed by atoms with Crippen molar-refractivity contribution >= 4 is 10.8 Å². The second-order valence-corrected chi connectivity index (χ2v) is 14.3. The molecule has 0 aromatic heterocycles. The third-order valence-electron chi connectivity index (χ3n) is 9.24. The van der Waals surface area contributed by atoms with E-state index >= 15 is 0 Å². The van der Waals surface area contributed by atoms with Crippen molar-refractivity contribution in [1.29, 1.82) is 0 Å². The lowest BCUT2D eigenvalue weighted by Crippen LogP contribution is -2.10. The lowest BCUT2D eigenvalue weighted by atomic mass is 9.85. The van der Waals surface area contributed by atoms with Gasteiger partial charge in [0.1, 0.15) is 23.0 Å². The largest absolute Gasteiger partial charge is 0.456 e. The van der Waals surface area contributed by atoms with Crippen LogP contribution in [0, 0.1) is 0 Å². The molecular weight excluding hydrogens is 536 g/mol. The lowest BCUT2D eigenvalue weighted by Gasteiger charge is -2.27. The molecule has 0 spiro atoms. The molecular formula is C42H36O2. The lowest BCUT2D eigenvalue weighted by molar-refractivity contribution is 0.475. The highest BCUT2D eigenvalue weighted by atomic mass is 16.5. The van der Waals surface area contributed by atoms with Crippen LogP contribution in [0.3, 0.4) is 0 Å². The quantitative estimate of drug-likeness (QED) is 0.205. The first-order chi connectivity index (χ1) is 21.0. The molecule has 44 heavy (non-hydrogen) atoms. The zero-order valence-corrected chi connectivity index (χ0v) is 26.2. The molecule has 0 atom stereocenters. The highest BCUT2D eigenvalue weighted by Gasteiger charge is 2.28. The van der Waals surface area contributed by atoms with Gasteiger partial charge in [-0.25, -0.2) is 0 Å². The smallest absolute Gasteiger partial charge is 0.136 e. The van der Waals surface area contributed by atoms with Crippen molar-refractivity contribution in [1.82, 2.24) is 0 Å². The van der Waals surface area contributed by atoms with Crippen LogP contribution in [0.4, 0.5) is 0 Å². The average Bonchev–Trinajstić information content (AvgIpc) is 3.01. The topological polar surface area (TPSA) is 18.5 Å². The Morgan fingerprint density at radius 3 is 1.05 bits per heavy atom. The predicted octanol–water partition coefficient (Wildman–Crippen LogP) is 12.3. The highest BCUT2D eigenvalue weighted by molar-refractivity contribution is 6.14. The van der Waals surface area contributed by atoms with Gasteiger partial charge in [0.15, 0.2) is 0 Å². The van der Waals surface area contributed by atoms with Crippen LogP contribution >= 0.6 is 0 Å². The Balaban J connectivity index is 1.18. The van der Waals surface area contributed by atoms with Crippen molar-refractivity contribution in [2.45, 2.75) is 52.4 Å². The van der Waals surface area contributed by atoms with E-state index < -0.39 is 0 Å². The van der Waals surface area contributed by atoms with Gasteiger partial charge in [-0.2, -0.15) is 0 Å². The molecule has 0 amide bonds. The van der Waals surface area contributed by atoms with E-state index in [1.165, 1.54) is 33.4 Å². The Bertz CT molecular complexity index is 1950. The normalized spacial score (nSPS) is 13.1. The van der Waals surface area contributed by atoms with E-state index in [2.05, 4.69) is 151 Å². The summed E-state index contributed by atoms with van der Waals surface area (Å²) in [4.78, 5) is 0. The van der Waals surface area contributed by atoms with Crippen LogP contribution in [-0.4, -0.2) is 0 Å². The minimum Gasteiger partial charge on any atom is -0.456 e. The number of benzene rings is 6. The Morgan fingerprint density at radius 2 is 0.682 bits per heavy atom. The van der Waals surface area contributed by atoms with Gasteiger partial charge in [-0.1, -0.05) is 114 Å². The summed E-state index contributed by atoms with van der Waals surface area (Å²) in [7, 11) is 0. The van der Waals surface area contributed by atoms with E-state index in [-0.39, 0.29) is 10.8 Å². The fourth-order valence-corrected chi connectivity index (χ4v) is 6.63. The molecule has 216 valence electrons. The summed E-state index contributed by atoms with van der Waals surface area (Å²) in [5.41, 5.74) is 12.2. The molecule has 2 heterocycles. The van der Waals surface area contributed by atoms with Crippen molar-refractivity contribution in [3.05, 3.63) is 120 Å². The third-order valence-corrected chi connectivity index (χ3v) is 9.24. The number of hydrogen-bond donors (Lipinski definition) is 0. The van der Waals surface area contributed by atoms with Gasteiger partial charge in [-0.3, -0.25) is 0 Å². The average molecular weight is 573 g/mol. The van der Waals surface area contributed by atoms with Gasteiger partial charge >= 0.3 is 0 Å². The standard InChI is InChI=1S/C42H36O2/c1-41(2,3)29-13-7-25(8-14-29)27-11-17-31-33-19-20-34-32-18-12-28(26-9-15-30(16-10-26)42(4,5)6)24-38(32)44-36-22-21-35(39(33)40(34)36)43-37(31)23-27/h7-24H,1-6H3. The maximum Gasteiger partial charge on any atom is 0.136 e. The molecule has 6 aromatic carbocycles. The fourth-order valence-electron chi connectivity index (χ4n) is 6.63. The molecule has 8 rings (SSSR count). The molecule has 2 heteroatoms. The first-order valence-corrected chi connectivity index (χ1v) is 15.5. The molecule has 0 aliphatic carbocycles. The summed E-state index contributed by atoms with van der Waals surface area (Å²) in [6, 6.07) is 39.5. The highest BCUT2D eigenvalue weighted by Crippen LogP contribution is 2.55. The molecule has 2 aliphatic heterocycles. The van der Waals surface area contributed by atoms with Crippen molar-refractivity contribution in [3.8, 4) is 67.5 Å². The van der Waals surface area contributed by atoms with Crippen molar-refractivity contribution in [2.24, 2.45) is 0 Å². The number of hydrogen-bond acceptors (Lipinski definition) is 2. The van der Waals surface area contributed by atoms with Crippen molar-refractivity contribution < 1.29 is 9.47 Å². The maximum atomic E-state index is 6.61. The zero-order chi connectivity index (χ0) is 30.4. The van der Waals surface area contributed by atoms with Crippen molar-refractivity contribution in [2.75, 3.05) is 0 Å².